The Hall–Kier alpha value is -1.96. The number of guanidine groups is 1. The summed E-state index contributed by atoms with van der Waals surface area (Å²) >= 11 is 1.50. The topological polar surface area (TPSA) is 106 Å². The fourth-order valence-corrected chi connectivity index (χ4v) is 1.83. The van der Waals surface area contributed by atoms with Gasteiger partial charge in [-0.3, -0.25) is 20.1 Å². The lowest BCUT2D eigenvalue weighted by atomic mass is 10.4. The zero-order valence-corrected chi connectivity index (χ0v) is 9.65. The molecule has 1 amide bonds. The lowest BCUT2D eigenvalue weighted by molar-refractivity contribution is 0.0971. The van der Waals surface area contributed by atoms with E-state index in [4.69, 9.17) is 5.73 Å². The number of amides is 1. The second-order valence-corrected chi connectivity index (χ2v) is 4.12. The van der Waals surface area contributed by atoms with E-state index in [1.54, 1.807) is 0 Å². The highest BCUT2D eigenvalue weighted by molar-refractivity contribution is 8.14. The van der Waals surface area contributed by atoms with Gasteiger partial charge in [0.25, 0.3) is 5.91 Å². The third-order valence-electron chi connectivity index (χ3n) is 1.82. The molecule has 3 N–H and O–H groups in total. The molecule has 1 aliphatic heterocycles. The highest BCUT2D eigenvalue weighted by Gasteiger charge is 2.10. The van der Waals surface area contributed by atoms with Crippen molar-refractivity contribution >= 4 is 28.8 Å². The van der Waals surface area contributed by atoms with Gasteiger partial charge in [0.15, 0.2) is 5.17 Å². The highest BCUT2D eigenvalue weighted by Crippen LogP contribution is 2.11. The van der Waals surface area contributed by atoms with Gasteiger partial charge in [-0.25, -0.2) is 4.98 Å². The molecule has 0 spiro atoms. The third kappa shape index (κ3) is 3.25. The van der Waals surface area contributed by atoms with E-state index in [0.717, 1.165) is 12.3 Å². The Kier molecular flexibility index (Phi) is 3.66. The van der Waals surface area contributed by atoms with Crippen LogP contribution in [0.25, 0.3) is 0 Å². The average Bonchev–Trinajstić information content (AvgIpc) is 2.82. The number of aromatic nitrogens is 2. The Balaban J connectivity index is 1.99. The molecule has 0 bridgehead atoms. The molecule has 1 aromatic rings. The van der Waals surface area contributed by atoms with Crippen molar-refractivity contribution in [3.05, 3.63) is 24.3 Å². The van der Waals surface area contributed by atoms with Gasteiger partial charge < -0.3 is 5.73 Å². The minimum absolute atomic E-state index is 0.00815. The number of amidine groups is 1. The predicted octanol–water partition coefficient (Wildman–Crippen LogP) is -0.376. The molecule has 2 heterocycles. The van der Waals surface area contributed by atoms with Gasteiger partial charge in [0.2, 0.25) is 5.96 Å². The first-order valence-electron chi connectivity index (χ1n) is 4.84. The van der Waals surface area contributed by atoms with E-state index in [2.05, 4.69) is 25.3 Å². The lowest BCUT2D eigenvalue weighted by Crippen LogP contribution is -2.37. The molecular weight excluding hydrogens is 240 g/mol. The maximum Gasteiger partial charge on any atom is 0.278 e. The summed E-state index contributed by atoms with van der Waals surface area (Å²) < 4.78 is 0. The van der Waals surface area contributed by atoms with E-state index in [1.165, 1.54) is 30.4 Å². The van der Waals surface area contributed by atoms with E-state index >= 15 is 0 Å². The molecule has 0 aliphatic carbocycles. The Morgan fingerprint density at radius 2 is 2.41 bits per heavy atom. The van der Waals surface area contributed by atoms with Crippen molar-refractivity contribution in [2.24, 2.45) is 15.7 Å². The van der Waals surface area contributed by atoms with Crippen LogP contribution in [0.2, 0.25) is 0 Å². The molecule has 0 aromatic carbocycles. The van der Waals surface area contributed by atoms with Crippen molar-refractivity contribution < 1.29 is 4.79 Å². The molecule has 0 saturated carbocycles. The van der Waals surface area contributed by atoms with Crippen LogP contribution in [0.15, 0.2) is 28.6 Å². The maximum absolute atomic E-state index is 11.6. The van der Waals surface area contributed by atoms with Crippen LogP contribution < -0.4 is 11.1 Å². The number of thioether (sulfide) groups is 1. The minimum Gasteiger partial charge on any atom is -0.369 e. The molecule has 7 nitrogen and oxygen atoms in total. The molecule has 17 heavy (non-hydrogen) atoms. The zero-order chi connectivity index (χ0) is 12.1. The SMILES string of the molecule is NC(=NC1=NCCS1)NC(=O)c1cnccn1. The lowest BCUT2D eigenvalue weighted by Gasteiger charge is -2.02. The van der Waals surface area contributed by atoms with Crippen LogP contribution in [-0.4, -0.2) is 39.3 Å². The van der Waals surface area contributed by atoms with Crippen LogP contribution in [0.3, 0.4) is 0 Å². The fraction of sp³-hybridized carbons (Fsp3) is 0.222. The molecule has 0 fully saturated rings. The summed E-state index contributed by atoms with van der Waals surface area (Å²) in [5.41, 5.74) is 5.75. The smallest absolute Gasteiger partial charge is 0.278 e. The van der Waals surface area contributed by atoms with Gasteiger partial charge >= 0.3 is 0 Å². The van der Waals surface area contributed by atoms with Gasteiger partial charge in [-0.1, -0.05) is 11.8 Å². The van der Waals surface area contributed by atoms with Gasteiger partial charge in [-0.2, -0.15) is 4.99 Å². The molecule has 1 aliphatic rings. The average molecular weight is 250 g/mol. The van der Waals surface area contributed by atoms with Crippen molar-refractivity contribution in [3.63, 3.8) is 0 Å². The van der Waals surface area contributed by atoms with Crippen molar-refractivity contribution in [2.45, 2.75) is 0 Å². The molecular formula is C9H10N6OS. The van der Waals surface area contributed by atoms with Crippen LogP contribution in [0.4, 0.5) is 0 Å². The number of carbonyl (C=O) groups excluding carboxylic acids is 1. The summed E-state index contributed by atoms with van der Waals surface area (Å²) in [6, 6.07) is 0. The number of hydrogen-bond acceptors (Lipinski definition) is 6. The quantitative estimate of drug-likeness (QED) is 0.522. The largest absolute Gasteiger partial charge is 0.369 e. The van der Waals surface area contributed by atoms with Crippen LogP contribution in [0, 0.1) is 0 Å². The standard InChI is InChI=1S/C9H10N6OS/c10-8(15-9-13-3-4-17-9)14-7(16)6-5-11-1-2-12-6/h1-2,5H,3-4H2,(H3,10,13,14,15,16). The normalized spacial score (nSPS) is 15.5. The zero-order valence-electron chi connectivity index (χ0n) is 8.83. The maximum atomic E-state index is 11.6. The summed E-state index contributed by atoms with van der Waals surface area (Å²) in [4.78, 5) is 27.3. The molecule has 2 rings (SSSR count). The summed E-state index contributed by atoms with van der Waals surface area (Å²) in [7, 11) is 0. The summed E-state index contributed by atoms with van der Waals surface area (Å²) in [6.07, 6.45) is 4.27. The van der Waals surface area contributed by atoms with Crippen LogP contribution in [0.1, 0.15) is 10.5 Å². The van der Waals surface area contributed by atoms with E-state index in [0.29, 0.717) is 5.17 Å². The van der Waals surface area contributed by atoms with Crippen molar-refractivity contribution in [3.8, 4) is 0 Å². The number of hydrogen-bond donors (Lipinski definition) is 2. The molecule has 8 heteroatoms. The predicted molar refractivity (Wildman–Crippen MR) is 65.9 cm³/mol. The summed E-state index contributed by atoms with van der Waals surface area (Å²) in [5, 5.41) is 3.00. The Morgan fingerprint density at radius 3 is 3.06 bits per heavy atom. The first-order chi connectivity index (χ1) is 8.25. The minimum atomic E-state index is -0.442. The molecule has 0 radical (unpaired) electrons. The third-order valence-corrected chi connectivity index (χ3v) is 2.69. The Labute approximate surface area is 102 Å². The number of nitrogens with two attached hydrogens (primary N) is 1. The second kappa shape index (κ2) is 5.39. The number of aliphatic imine (C=N–C) groups is 2. The number of rotatable bonds is 1. The molecule has 88 valence electrons. The number of carbonyl (C=O) groups is 1. The van der Waals surface area contributed by atoms with Gasteiger partial charge in [0.05, 0.1) is 12.7 Å². The highest BCUT2D eigenvalue weighted by atomic mass is 32.2. The van der Waals surface area contributed by atoms with Gasteiger partial charge in [-0.05, 0) is 0 Å². The fourth-order valence-electron chi connectivity index (χ4n) is 1.12. The number of nitrogens with one attached hydrogen (secondary N) is 1. The molecule has 1 aromatic heterocycles. The first kappa shape index (κ1) is 11.5. The summed E-state index contributed by atoms with van der Waals surface area (Å²) in [6.45, 7) is 0.731. The van der Waals surface area contributed by atoms with Crippen LogP contribution in [0.5, 0.6) is 0 Å². The van der Waals surface area contributed by atoms with E-state index < -0.39 is 5.91 Å². The van der Waals surface area contributed by atoms with E-state index in [9.17, 15) is 4.79 Å². The van der Waals surface area contributed by atoms with Gasteiger partial charge in [0, 0.05) is 18.1 Å². The van der Waals surface area contributed by atoms with Crippen molar-refractivity contribution in [2.75, 3.05) is 12.3 Å². The molecule has 0 saturated heterocycles. The van der Waals surface area contributed by atoms with Crippen molar-refractivity contribution in [1.29, 1.82) is 0 Å². The van der Waals surface area contributed by atoms with Crippen LogP contribution >= 0.6 is 11.8 Å². The monoisotopic (exact) mass is 250 g/mol. The van der Waals surface area contributed by atoms with Crippen molar-refractivity contribution in [1.82, 2.24) is 15.3 Å². The van der Waals surface area contributed by atoms with E-state index in [1.807, 2.05) is 0 Å². The van der Waals surface area contributed by atoms with Crippen LogP contribution in [-0.2, 0) is 0 Å². The number of nitrogens with zero attached hydrogens (tertiary/aromatic N) is 4. The van der Waals surface area contributed by atoms with E-state index in [-0.39, 0.29) is 11.7 Å². The van der Waals surface area contributed by atoms with Gasteiger partial charge in [-0.15, -0.1) is 0 Å². The molecule has 0 atom stereocenters. The summed E-state index contributed by atoms with van der Waals surface area (Å²) in [5.74, 6) is 0.460. The second-order valence-electron chi connectivity index (χ2n) is 3.05. The molecule has 0 unspecified atom stereocenters. The Bertz CT molecular complexity index is 472. The Morgan fingerprint density at radius 1 is 1.53 bits per heavy atom. The van der Waals surface area contributed by atoms with Gasteiger partial charge in [0.1, 0.15) is 5.69 Å². The first-order valence-corrected chi connectivity index (χ1v) is 5.83.